The summed E-state index contributed by atoms with van der Waals surface area (Å²) in [4.78, 5) is 17.8. The predicted octanol–water partition coefficient (Wildman–Crippen LogP) is 4.33. The van der Waals surface area contributed by atoms with Gasteiger partial charge in [-0.1, -0.05) is 42.4 Å². The first-order valence-electron chi connectivity index (χ1n) is 10.5. The maximum absolute atomic E-state index is 13.2. The van der Waals surface area contributed by atoms with Gasteiger partial charge in [-0.05, 0) is 55.9 Å². The lowest BCUT2D eigenvalue weighted by atomic mass is 10.2. The second-order valence-corrected chi connectivity index (χ2v) is 10.4. The first-order chi connectivity index (χ1) is 15.4. The molecule has 0 radical (unpaired) electrons. The number of nitrogens with one attached hydrogen (secondary N) is 1. The van der Waals surface area contributed by atoms with Crippen molar-refractivity contribution in [3.8, 4) is 5.69 Å². The van der Waals surface area contributed by atoms with Gasteiger partial charge in [0.05, 0.1) is 11.1 Å². The Balaban J connectivity index is 1.65. The number of thioether (sulfide) groups is 1. The van der Waals surface area contributed by atoms with Crippen LogP contribution in [0.3, 0.4) is 0 Å². The summed E-state index contributed by atoms with van der Waals surface area (Å²) >= 11 is 1.45. The monoisotopic (exact) mass is 470 g/mol. The van der Waals surface area contributed by atoms with E-state index < -0.39 is 10.0 Å². The van der Waals surface area contributed by atoms with Gasteiger partial charge in [0.2, 0.25) is 10.0 Å². The van der Waals surface area contributed by atoms with Gasteiger partial charge < -0.3 is 5.32 Å². The molecule has 3 aromatic rings. The molecule has 0 saturated carbocycles. The minimum Gasteiger partial charge on any atom is -0.320 e. The fourth-order valence-electron chi connectivity index (χ4n) is 3.80. The number of amides is 1. The van der Waals surface area contributed by atoms with Crippen LogP contribution in [0.5, 0.6) is 0 Å². The first kappa shape index (κ1) is 22.6. The van der Waals surface area contributed by atoms with Crippen molar-refractivity contribution in [2.45, 2.75) is 36.2 Å². The summed E-state index contributed by atoms with van der Waals surface area (Å²) in [5.41, 5.74) is 2.47. The summed E-state index contributed by atoms with van der Waals surface area (Å²) in [7, 11) is -3.59. The topological polar surface area (TPSA) is 84.3 Å². The van der Waals surface area contributed by atoms with Crippen LogP contribution in [0.25, 0.3) is 5.69 Å². The van der Waals surface area contributed by atoms with Crippen molar-refractivity contribution >= 4 is 33.4 Å². The third kappa shape index (κ3) is 4.46. The van der Waals surface area contributed by atoms with Crippen LogP contribution in [0, 0.1) is 6.92 Å². The molecule has 2 aromatic carbocycles. The summed E-state index contributed by atoms with van der Waals surface area (Å²) in [5.74, 6) is -0.350. The molecule has 2 heterocycles. The third-order valence-corrected chi connectivity index (χ3v) is 8.12. The fraction of sp³-hybridized carbons (Fsp3) is 0.304. The van der Waals surface area contributed by atoms with E-state index in [2.05, 4.69) is 10.3 Å². The Kier molecular flexibility index (Phi) is 6.68. The molecule has 168 valence electrons. The molecule has 4 rings (SSSR count). The van der Waals surface area contributed by atoms with Crippen LogP contribution >= 0.6 is 11.8 Å². The van der Waals surface area contributed by atoms with Crippen molar-refractivity contribution in [1.29, 1.82) is 0 Å². The highest BCUT2D eigenvalue weighted by atomic mass is 32.2. The fourth-order valence-corrected chi connectivity index (χ4v) is 5.89. The van der Waals surface area contributed by atoms with Gasteiger partial charge in [0, 0.05) is 24.5 Å². The minimum atomic E-state index is -3.59. The quantitative estimate of drug-likeness (QED) is 0.542. The Morgan fingerprint density at radius 3 is 2.47 bits per heavy atom. The maximum Gasteiger partial charge on any atom is 0.274 e. The molecule has 0 bridgehead atoms. The Labute approximate surface area is 192 Å². The lowest BCUT2D eigenvalue weighted by molar-refractivity contribution is 0.102. The first-order valence-corrected chi connectivity index (χ1v) is 13.2. The molecule has 9 heteroatoms. The van der Waals surface area contributed by atoms with Crippen LogP contribution in [-0.4, -0.2) is 47.5 Å². The zero-order valence-corrected chi connectivity index (χ0v) is 19.7. The van der Waals surface area contributed by atoms with E-state index in [-0.39, 0.29) is 10.8 Å². The summed E-state index contributed by atoms with van der Waals surface area (Å²) in [6.45, 7) is 2.91. The van der Waals surface area contributed by atoms with Crippen molar-refractivity contribution in [1.82, 2.24) is 13.9 Å². The predicted molar refractivity (Wildman–Crippen MR) is 127 cm³/mol. The lowest BCUT2D eigenvalue weighted by Gasteiger charge is -2.26. The van der Waals surface area contributed by atoms with Gasteiger partial charge in [-0.3, -0.25) is 9.36 Å². The summed E-state index contributed by atoms with van der Waals surface area (Å²) in [6.07, 6.45) is 6.24. The number of anilines is 1. The average molecular weight is 471 g/mol. The van der Waals surface area contributed by atoms with E-state index in [0.717, 1.165) is 30.5 Å². The molecular weight excluding hydrogens is 444 g/mol. The van der Waals surface area contributed by atoms with Gasteiger partial charge >= 0.3 is 0 Å². The normalized spacial score (nSPS) is 14.9. The number of sulfonamides is 1. The van der Waals surface area contributed by atoms with E-state index in [1.807, 2.05) is 43.5 Å². The number of carbonyl (C=O) groups excluding carboxylic acids is 1. The van der Waals surface area contributed by atoms with Crippen LogP contribution in [0.4, 0.5) is 5.69 Å². The highest BCUT2D eigenvalue weighted by Crippen LogP contribution is 2.27. The number of aromatic nitrogens is 2. The van der Waals surface area contributed by atoms with Crippen LogP contribution in [-0.2, 0) is 10.0 Å². The van der Waals surface area contributed by atoms with Gasteiger partial charge in [-0.25, -0.2) is 13.4 Å². The molecule has 7 nitrogen and oxygen atoms in total. The van der Waals surface area contributed by atoms with Crippen LogP contribution in [0.2, 0.25) is 0 Å². The third-order valence-electron chi connectivity index (χ3n) is 5.57. The molecule has 1 aromatic heterocycles. The van der Waals surface area contributed by atoms with Crippen molar-refractivity contribution < 1.29 is 13.2 Å². The largest absolute Gasteiger partial charge is 0.320 e. The number of imidazole rings is 1. The van der Waals surface area contributed by atoms with E-state index in [1.165, 1.54) is 22.3 Å². The number of carbonyl (C=O) groups is 1. The zero-order valence-electron chi connectivity index (χ0n) is 18.1. The van der Waals surface area contributed by atoms with Gasteiger partial charge in [0.25, 0.3) is 5.91 Å². The second-order valence-electron chi connectivity index (χ2n) is 7.70. The number of hydrogen-bond acceptors (Lipinski definition) is 5. The van der Waals surface area contributed by atoms with Gasteiger partial charge in [-0.15, -0.1) is 0 Å². The molecule has 0 atom stereocenters. The summed E-state index contributed by atoms with van der Waals surface area (Å²) < 4.78 is 29.5. The van der Waals surface area contributed by atoms with Crippen molar-refractivity contribution in [3.63, 3.8) is 0 Å². The molecule has 1 aliphatic rings. The number of piperidine rings is 1. The zero-order chi connectivity index (χ0) is 22.7. The number of benzene rings is 2. The molecule has 0 unspecified atom stereocenters. The van der Waals surface area contributed by atoms with E-state index in [1.54, 1.807) is 22.8 Å². The van der Waals surface area contributed by atoms with Gasteiger partial charge in [0.15, 0.2) is 5.16 Å². The van der Waals surface area contributed by atoms with E-state index in [4.69, 9.17) is 0 Å². The number of nitrogens with zero attached hydrogens (tertiary/aromatic N) is 3. The molecular formula is C23H26N4O3S2. The highest BCUT2D eigenvalue weighted by molar-refractivity contribution is 7.98. The molecule has 1 amide bonds. The van der Waals surface area contributed by atoms with Gasteiger partial charge in [-0.2, -0.15) is 4.31 Å². The van der Waals surface area contributed by atoms with E-state index in [0.29, 0.717) is 29.6 Å². The summed E-state index contributed by atoms with van der Waals surface area (Å²) in [6, 6.07) is 14.4. The lowest BCUT2D eigenvalue weighted by Crippen LogP contribution is -2.35. The van der Waals surface area contributed by atoms with Gasteiger partial charge in [0.1, 0.15) is 5.69 Å². The maximum atomic E-state index is 13.2. The molecule has 1 N–H and O–H groups in total. The average Bonchev–Trinajstić information content (AvgIpc) is 3.26. The molecule has 0 aliphatic carbocycles. The Morgan fingerprint density at radius 2 is 1.78 bits per heavy atom. The van der Waals surface area contributed by atoms with Crippen molar-refractivity contribution in [2.75, 3.05) is 24.7 Å². The Hall–Kier alpha value is -2.62. The summed E-state index contributed by atoms with van der Waals surface area (Å²) in [5, 5.41) is 3.59. The highest BCUT2D eigenvalue weighted by Gasteiger charge is 2.27. The van der Waals surface area contributed by atoms with Crippen LogP contribution in [0.15, 0.2) is 64.8 Å². The number of aryl methyl sites for hydroxylation is 1. The van der Waals surface area contributed by atoms with Crippen LogP contribution in [0.1, 0.15) is 35.3 Å². The molecule has 0 spiro atoms. The number of para-hydroxylation sites is 1. The van der Waals surface area contributed by atoms with E-state index >= 15 is 0 Å². The SMILES string of the molecule is CSc1ncc(C(=O)Nc2cc(S(=O)(=O)N3CCCCC3)ccc2C)n1-c1ccccc1. The minimum absolute atomic E-state index is 0.196. The van der Waals surface area contributed by atoms with E-state index in [9.17, 15) is 13.2 Å². The Morgan fingerprint density at radius 1 is 1.06 bits per heavy atom. The second kappa shape index (κ2) is 9.48. The molecule has 1 saturated heterocycles. The van der Waals surface area contributed by atoms with Crippen molar-refractivity contribution in [3.05, 3.63) is 66.0 Å². The van der Waals surface area contributed by atoms with Crippen molar-refractivity contribution in [2.24, 2.45) is 0 Å². The number of rotatable bonds is 6. The molecule has 32 heavy (non-hydrogen) atoms. The Bertz CT molecular complexity index is 1220. The molecule has 1 fully saturated rings. The standard InChI is InChI=1S/C23H26N4O3S2/c1-17-11-12-19(32(29,30)26-13-7-4-8-14-26)15-20(17)25-22(28)21-16-24-23(31-2)27(21)18-9-5-3-6-10-18/h3,5-6,9-12,15-16H,4,7-8,13-14H2,1-2H3,(H,25,28). The smallest absolute Gasteiger partial charge is 0.274 e. The number of hydrogen-bond donors (Lipinski definition) is 1. The molecule has 1 aliphatic heterocycles. The van der Waals surface area contributed by atoms with Crippen LogP contribution < -0.4 is 5.32 Å².